The summed E-state index contributed by atoms with van der Waals surface area (Å²) < 4.78 is 0. The van der Waals surface area contributed by atoms with Crippen molar-refractivity contribution in [1.29, 1.82) is 0 Å². The fraction of sp³-hybridized carbons (Fsp3) is 0.0455. The topological polar surface area (TPSA) is 17.1 Å². The molecule has 0 spiro atoms. The number of ketones is 1. The minimum Gasteiger partial charge on any atom is -0.294 e. The summed E-state index contributed by atoms with van der Waals surface area (Å²) in [4.78, 5) is 12.5. The highest BCUT2D eigenvalue weighted by atomic mass is 16.1. The molecule has 0 aliphatic heterocycles. The first-order valence-electron chi connectivity index (χ1n) is 7.77. The van der Waals surface area contributed by atoms with Crippen molar-refractivity contribution in [3.63, 3.8) is 0 Å². The Kier molecular flexibility index (Phi) is 3.20. The summed E-state index contributed by atoms with van der Waals surface area (Å²) >= 11 is 0. The van der Waals surface area contributed by atoms with E-state index in [2.05, 4.69) is 36.4 Å². The first-order chi connectivity index (χ1) is 11.3. The SMILES string of the molecule is CC(=O)c1c(-c2ccccc2)c2ccccc2c2ccccc12. The number of hydrogen-bond donors (Lipinski definition) is 0. The van der Waals surface area contributed by atoms with Crippen LogP contribution in [0.25, 0.3) is 32.7 Å². The van der Waals surface area contributed by atoms with E-state index in [-0.39, 0.29) is 5.78 Å². The number of fused-ring (bicyclic) bond motifs is 3. The number of rotatable bonds is 2. The predicted molar refractivity (Wildman–Crippen MR) is 96.9 cm³/mol. The van der Waals surface area contributed by atoms with Crippen molar-refractivity contribution in [2.24, 2.45) is 0 Å². The molecule has 4 rings (SSSR count). The molecule has 4 aromatic rings. The highest BCUT2D eigenvalue weighted by Gasteiger charge is 2.17. The number of carbonyl (C=O) groups excluding carboxylic acids is 1. The van der Waals surface area contributed by atoms with Crippen LogP contribution in [0.1, 0.15) is 17.3 Å². The summed E-state index contributed by atoms with van der Waals surface area (Å²) in [6.07, 6.45) is 0. The summed E-state index contributed by atoms with van der Waals surface area (Å²) in [7, 11) is 0. The third kappa shape index (κ3) is 2.13. The molecule has 0 amide bonds. The molecule has 0 aliphatic rings. The van der Waals surface area contributed by atoms with E-state index in [9.17, 15) is 4.79 Å². The molecule has 0 N–H and O–H groups in total. The van der Waals surface area contributed by atoms with Crippen LogP contribution in [0.5, 0.6) is 0 Å². The second-order valence-electron chi connectivity index (χ2n) is 5.76. The first-order valence-corrected chi connectivity index (χ1v) is 7.77. The van der Waals surface area contributed by atoms with Crippen molar-refractivity contribution in [1.82, 2.24) is 0 Å². The van der Waals surface area contributed by atoms with Gasteiger partial charge in [0.05, 0.1) is 0 Å². The van der Waals surface area contributed by atoms with Gasteiger partial charge in [0.1, 0.15) is 0 Å². The van der Waals surface area contributed by atoms with Crippen LogP contribution in [-0.4, -0.2) is 5.78 Å². The minimum absolute atomic E-state index is 0.103. The number of hydrogen-bond acceptors (Lipinski definition) is 1. The second-order valence-corrected chi connectivity index (χ2v) is 5.76. The summed E-state index contributed by atoms with van der Waals surface area (Å²) in [6, 6.07) is 26.7. The number of Topliss-reactive ketones (excluding diaryl/α,β-unsaturated/α-hetero) is 1. The Morgan fingerprint density at radius 2 is 1.09 bits per heavy atom. The van der Waals surface area contributed by atoms with Crippen molar-refractivity contribution in [3.8, 4) is 11.1 Å². The summed E-state index contributed by atoms with van der Waals surface area (Å²) in [6.45, 7) is 1.66. The molecule has 23 heavy (non-hydrogen) atoms. The molecule has 1 heteroatoms. The molecule has 4 aromatic carbocycles. The highest BCUT2D eigenvalue weighted by Crippen LogP contribution is 2.39. The number of benzene rings is 4. The zero-order valence-electron chi connectivity index (χ0n) is 12.9. The van der Waals surface area contributed by atoms with Crippen molar-refractivity contribution in [2.45, 2.75) is 6.92 Å². The standard InChI is InChI=1S/C22H16O/c1-15(23)21-19-13-7-5-11-17(19)18-12-6-8-14-20(18)22(21)16-9-3-2-4-10-16/h2-14H,1H3. The summed E-state index contributed by atoms with van der Waals surface area (Å²) in [5.74, 6) is 0.103. The van der Waals surface area contributed by atoms with E-state index in [4.69, 9.17) is 0 Å². The normalized spacial score (nSPS) is 11.0. The molecule has 0 unspecified atom stereocenters. The molecule has 0 aromatic heterocycles. The van der Waals surface area contributed by atoms with Gasteiger partial charge in [0.2, 0.25) is 0 Å². The van der Waals surface area contributed by atoms with Gasteiger partial charge in [-0.05, 0) is 34.0 Å². The van der Waals surface area contributed by atoms with Crippen LogP contribution in [0, 0.1) is 0 Å². The van der Waals surface area contributed by atoms with Crippen molar-refractivity contribution < 1.29 is 4.79 Å². The third-order valence-corrected chi connectivity index (χ3v) is 4.35. The van der Waals surface area contributed by atoms with Gasteiger partial charge in [-0.3, -0.25) is 4.79 Å². The van der Waals surface area contributed by atoms with Gasteiger partial charge in [-0.15, -0.1) is 0 Å². The smallest absolute Gasteiger partial charge is 0.161 e. The van der Waals surface area contributed by atoms with Gasteiger partial charge < -0.3 is 0 Å². The Hall–Kier alpha value is -2.93. The van der Waals surface area contributed by atoms with Gasteiger partial charge in [0, 0.05) is 11.1 Å². The lowest BCUT2D eigenvalue weighted by Gasteiger charge is -2.16. The quantitative estimate of drug-likeness (QED) is 0.334. The highest BCUT2D eigenvalue weighted by molar-refractivity contribution is 6.24. The van der Waals surface area contributed by atoms with Crippen molar-refractivity contribution in [2.75, 3.05) is 0 Å². The molecule has 110 valence electrons. The third-order valence-electron chi connectivity index (χ3n) is 4.35. The molecule has 0 atom stereocenters. The van der Waals surface area contributed by atoms with Crippen molar-refractivity contribution in [3.05, 3.63) is 84.4 Å². The zero-order valence-corrected chi connectivity index (χ0v) is 12.9. The maximum atomic E-state index is 12.5. The molecule has 0 saturated carbocycles. The Bertz CT molecular complexity index is 1030. The average Bonchev–Trinajstić information content (AvgIpc) is 2.61. The van der Waals surface area contributed by atoms with E-state index < -0.39 is 0 Å². The monoisotopic (exact) mass is 296 g/mol. The summed E-state index contributed by atoms with van der Waals surface area (Å²) in [5, 5.41) is 4.47. The molecule has 1 nitrogen and oxygen atoms in total. The second kappa shape index (κ2) is 5.36. The van der Waals surface area contributed by atoms with Gasteiger partial charge in [0.25, 0.3) is 0 Å². The maximum absolute atomic E-state index is 12.5. The fourth-order valence-electron chi connectivity index (χ4n) is 3.41. The molecule has 0 bridgehead atoms. The van der Waals surface area contributed by atoms with Crippen LogP contribution in [0.2, 0.25) is 0 Å². The van der Waals surface area contributed by atoms with Crippen LogP contribution >= 0.6 is 0 Å². The van der Waals surface area contributed by atoms with Crippen molar-refractivity contribution >= 4 is 27.3 Å². The van der Waals surface area contributed by atoms with E-state index in [1.54, 1.807) is 6.92 Å². The minimum atomic E-state index is 0.103. The van der Waals surface area contributed by atoms with E-state index in [1.165, 1.54) is 5.39 Å². The Labute approximate surface area is 135 Å². The Morgan fingerprint density at radius 3 is 1.70 bits per heavy atom. The lowest BCUT2D eigenvalue weighted by Crippen LogP contribution is -1.99. The van der Waals surface area contributed by atoms with Crippen LogP contribution in [-0.2, 0) is 0 Å². The van der Waals surface area contributed by atoms with Gasteiger partial charge in [-0.2, -0.15) is 0 Å². The fourth-order valence-corrected chi connectivity index (χ4v) is 3.41. The Morgan fingerprint density at radius 1 is 0.609 bits per heavy atom. The van der Waals surface area contributed by atoms with E-state index in [0.29, 0.717) is 0 Å². The molecule has 0 fully saturated rings. The Balaban J connectivity index is 2.30. The van der Waals surface area contributed by atoms with E-state index in [0.717, 1.165) is 32.8 Å². The lowest BCUT2D eigenvalue weighted by molar-refractivity contribution is 0.102. The zero-order chi connectivity index (χ0) is 15.8. The molecule has 0 saturated heterocycles. The average molecular weight is 296 g/mol. The lowest BCUT2D eigenvalue weighted by atomic mass is 9.87. The predicted octanol–water partition coefficient (Wildman–Crippen LogP) is 5.86. The van der Waals surface area contributed by atoms with Crippen LogP contribution in [0.4, 0.5) is 0 Å². The maximum Gasteiger partial charge on any atom is 0.161 e. The molecular weight excluding hydrogens is 280 g/mol. The molecule has 0 radical (unpaired) electrons. The molecular formula is C22H16O. The van der Waals surface area contributed by atoms with Gasteiger partial charge >= 0.3 is 0 Å². The van der Waals surface area contributed by atoms with Crippen LogP contribution in [0.15, 0.2) is 78.9 Å². The molecule has 0 aliphatic carbocycles. The van der Waals surface area contributed by atoms with Crippen LogP contribution in [0.3, 0.4) is 0 Å². The van der Waals surface area contributed by atoms with Crippen LogP contribution < -0.4 is 0 Å². The van der Waals surface area contributed by atoms with Gasteiger partial charge in [-0.1, -0.05) is 78.9 Å². The summed E-state index contributed by atoms with van der Waals surface area (Å²) in [5.41, 5.74) is 2.93. The largest absolute Gasteiger partial charge is 0.294 e. The number of carbonyl (C=O) groups is 1. The van der Waals surface area contributed by atoms with Gasteiger partial charge in [0.15, 0.2) is 5.78 Å². The molecule has 0 heterocycles. The first kappa shape index (κ1) is 13.7. The van der Waals surface area contributed by atoms with E-state index in [1.807, 2.05) is 42.5 Å². The van der Waals surface area contributed by atoms with Gasteiger partial charge in [-0.25, -0.2) is 0 Å². The van der Waals surface area contributed by atoms with E-state index >= 15 is 0 Å².